The number of hydrogen-bond donors (Lipinski definition) is 0. The van der Waals surface area contributed by atoms with Gasteiger partial charge in [-0.1, -0.05) is 12.1 Å². The molecule has 72 valence electrons. The fourth-order valence-corrected chi connectivity index (χ4v) is 1.67. The van der Waals surface area contributed by atoms with E-state index in [0.717, 1.165) is 16.7 Å². The van der Waals surface area contributed by atoms with E-state index in [1.165, 1.54) is 0 Å². The summed E-state index contributed by atoms with van der Waals surface area (Å²) < 4.78 is 3.69. The van der Waals surface area contributed by atoms with E-state index in [4.69, 9.17) is 0 Å². The molecule has 0 aliphatic carbocycles. The van der Waals surface area contributed by atoms with Crippen molar-refractivity contribution in [1.82, 2.24) is 4.57 Å². The Kier molecular flexibility index (Phi) is 1.88. The van der Waals surface area contributed by atoms with Gasteiger partial charge in [-0.15, -0.1) is 0 Å². The van der Waals surface area contributed by atoms with Crippen LogP contribution in [0.5, 0.6) is 0 Å². The topological polar surface area (TPSA) is 25.9 Å². The third-order valence-electron chi connectivity index (χ3n) is 2.77. The summed E-state index contributed by atoms with van der Waals surface area (Å²) in [5, 5.41) is 0.767. The Labute approximate surface area is 82.2 Å². The minimum absolute atomic E-state index is 0.0659. The van der Waals surface area contributed by atoms with Gasteiger partial charge in [0.15, 0.2) is 0 Å². The Morgan fingerprint density at radius 3 is 2.64 bits per heavy atom. The van der Waals surface area contributed by atoms with Gasteiger partial charge >= 0.3 is 5.56 Å². The van der Waals surface area contributed by atoms with Crippen molar-refractivity contribution in [2.45, 2.75) is 6.92 Å². The van der Waals surface area contributed by atoms with Gasteiger partial charge in [0.25, 0.3) is 5.82 Å². The van der Waals surface area contributed by atoms with Gasteiger partial charge in [0.05, 0.1) is 14.1 Å². The second-order valence-corrected chi connectivity index (χ2v) is 3.49. The Hall–Kier alpha value is -1.64. The lowest BCUT2D eigenvalue weighted by molar-refractivity contribution is -0.656. The number of nitrogens with zero attached hydrogens (tertiary/aromatic N) is 2. The molecule has 0 unspecified atom stereocenters. The summed E-state index contributed by atoms with van der Waals surface area (Å²) in [5.74, 6) is 0.953. The van der Waals surface area contributed by atoms with Crippen molar-refractivity contribution in [1.29, 1.82) is 0 Å². The highest BCUT2D eigenvalue weighted by atomic mass is 16.1. The monoisotopic (exact) mass is 189 g/mol. The van der Waals surface area contributed by atoms with E-state index in [-0.39, 0.29) is 5.56 Å². The molecular weight excluding hydrogens is 176 g/mol. The summed E-state index contributed by atoms with van der Waals surface area (Å²) in [6, 6.07) is 7.65. The predicted molar refractivity (Wildman–Crippen MR) is 55.1 cm³/mol. The van der Waals surface area contributed by atoms with Crippen LogP contribution >= 0.6 is 0 Å². The van der Waals surface area contributed by atoms with Crippen LogP contribution in [0.15, 0.2) is 29.1 Å². The normalized spacial score (nSPS) is 10.8. The van der Waals surface area contributed by atoms with Gasteiger partial charge in [0, 0.05) is 6.92 Å². The molecule has 0 radical (unpaired) electrons. The number of aryl methyl sites for hydroxylation is 1. The molecule has 0 aliphatic heterocycles. The summed E-state index contributed by atoms with van der Waals surface area (Å²) in [5.41, 5.74) is 1.05. The summed E-state index contributed by atoms with van der Waals surface area (Å²) in [6.07, 6.45) is 0. The second-order valence-electron chi connectivity index (χ2n) is 3.49. The van der Waals surface area contributed by atoms with Gasteiger partial charge in [0.1, 0.15) is 10.9 Å². The number of para-hydroxylation sites is 1. The van der Waals surface area contributed by atoms with Crippen LogP contribution in [-0.4, -0.2) is 4.57 Å². The van der Waals surface area contributed by atoms with Crippen LogP contribution in [0.2, 0.25) is 0 Å². The zero-order chi connectivity index (χ0) is 10.3. The maximum absolute atomic E-state index is 11.9. The molecule has 0 saturated heterocycles. The molecule has 0 saturated carbocycles. The molecule has 0 N–H and O–H groups in total. The van der Waals surface area contributed by atoms with E-state index in [9.17, 15) is 4.79 Å². The molecule has 2 aromatic rings. The van der Waals surface area contributed by atoms with Gasteiger partial charge < -0.3 is 0 Å². The quantitative estimate of drug-likeness (QED) is 0.559. The smallest absolute Gasteiger partial charge is 0.241 e. The van der Waals surface area contributed by atoms with Gasteiger partial charge in [-0.3, -0.25) is 0 Å². The molecule has 0 aliphatic rings. The molecule has 1 aromatic carbocycles. The summed E-state index contributed by atoms with van der Waals surface area (Å²) >= 11 is 0. The lowest BCUT2D eigenvalue weighted by Gasteiger charge is -2.04. The first-order chi connectivity index (χ1) is 6.63. The van der Waals surface area contributed by atoms with Gasteiger partial charge in [-0.05, 0) is 12.1 Å². The van der Waals surface area contributed by atoms with E-state index in [0.29, 0.717) is 0 Å². The molecule has 14 heavy (non-hydrogen) atoms. The third kappa shape index (κ3) is 1.05. The van der Waals surface area contributed by atoms with Crippen LogP contribution < -0.4 is 10.1 Å². The first-order valence-electron chi connectivity index (χ1n) is 4.57. The average molecular weight is 189 g/mol. The number of rotatable bonds is 0. The largest absolute Gasteiger partial charge is 0.345 e. The Morgan fingerprint density at radius 2 is 1.93 bits per heavy atom. The fourth-order valence-electron chi connectivity index (χ4n) is 1.67. The zero-order valence-electron chi connectivity index (χ0n) is 8.61. The van der Waals surface area contributed by atoms with E-state index < -0.39 is 0 Å². The molecule has 2 rings (SSSR count). The first-order valence-corrected chi connectivity index (χ1v) is 4.57. The van der Waals surface area contributed by atoms with Crippen LogP contribution in [0.1, 0.15) is 5.82 Å². The standard InChI is InChI=1S/C11H13N2O/c1-8-12(2)10-7-5-4-6-9(10)11(14)13(8)3/h4-7H,1-3H3/q+1. The molecule has 3 heteroatoms. The van der Waals surface area contributed by atoms with Crippen molar-refractivity contribution < 1.29 is 4.57 Å². The molecule has 0 spiro atoms. The number of aromatic nitrogens is 2. The molecular formula is C11H13N2O+. The minimum atomic E-state index is 0.0659. The number of fused-ring (bicyclic) bond motifs is 1. The van der Waals surface area contributed by atoms with Gasteiger partial charge in [0.2, 0.25) is 0 Å². The summed E-state index contributed by atoms with van der Waals surface area (Å²) in [6.45, 7) is 1.94. The van der Waals surface area contributed by atoms with Crippen molar-refractivity contribution >= 4 is 10.9 Å². The van der Waals surface area contributed by atoms with Crippen molar-refractivity contribution in [2.75, 3.05) is 0 Å². The van der Waals surface area contributed by atoms with E-state index >= 15 is 0 Å². The van der Waals surface area contributed by atoms with Crippen LogP contribution in [0.4, 0.5) is 0 Å². The molecule has 0 atom stereocenters. The highest BCUT2D eigenvalue weighted by Crippen LogP contribution is 2.03. The van der Waals surface area contributed by atoms with Crippen LogP contribution in [-0.2, 0) is 14.1 Å². The lowest BCUT2D eigenvalue weighted by atomic mass is 10.2. The molecule has 1 heterocycles. The molecule has 1 aromatic heterocycles. The average Bonchev–Trinajstić information content (AvgIpc) is 2.23. The summed E-state index contributed by atoms with van der Waals surface area (Å²) in [4.78, 5) is 11.9. The number of hydrogen-bond acceptors (Lipinski definition) is 1. The first kappa shape index (κ1) is 8.94. The lowest BCUT2D eigenvalue weighted by Crippen LogP contribution is -2.41. The fraction of sp³-hybridized carbons (Fsp3) is 0.273. The SMILES string of the molecule is Cc1n(C)c(=O)c2ccccc2[n+]1C. The molecule has 0 bridgehead atoms. The molecule has 0 fully saturated rings. The van der Waals surface area contributed by atoms with E-state index in [1.807, 2.05) is 42.8 Å². The van der Waals surface area contributed by atoms with E-state index in [1.54, 1.807) is 11.6 Å². The Balaban J connectivity index is 3.10. The second kappa shape index (κ2) is 2.94. The van der Waals surface area contributed by atoms with Gasteiger partial charge in [-0.25, -0.2) is 9.36 Å². The maximum Gasteiger partial charge on any atom is 0.345 e. The summed E-state index contributed by atoms with van der Waals surface area (Å²) in [7, 11) is 3.77. The Morgan fingerprint density at radius 1 is 1.29 bits per heavy atom. The van der Waals surface area contributed by atoms with Crippen LogP contribution in [0, 0.1) is 6.92 Å². The van der Waals surface area contributed by atoms with Crippen molar-refractivity contribution in [3.8, 4) is 0 Å². The highest BCUT2D eigenvalue weighted by molar-refractivity contribution is 5.74. The van der Waals surface area contributed by atoms with Crippen molar-refractivity contribution in [3.63, 3.8) is 0 Å². The minimum Gasteiger partial charge on any atom is -0.241 e. The van der Waals surface area contributed by atoms with Crippen LogP contribution in [0.3, 0.4) is 0 Å². The number of benzene rings is 1. The van der Waals surface area contributed by atoms with Crippen molar-refractivity contribution in [3.05, 3.63) is 40.4 Å². The molecule has 3 nitrogen and oxygen atoms in total. The van der Waals surface area contributed by atoms with Crippen molar-refractivity contribution in [2.24, 2.45) is 14.1 Å². The van der Waals surface area contributed by atoms with E-state index in [2.05, 4.69) is 0 Å². The highest BCUT2D eigenvalue weighted by Gasteiger charge is 2.13. The predicted octanol–water partition coefficient (Wildman–Crippen LogP) is 0.671. The van der Waals surface area contributed by atoms with Gasteiger partial charge in [-0.2, -0.15) is 4.57 Å². The zero-order valence-corrected chi connectivity index (χ0v) is 8.61. The third-order valence-corrected chi connectivity index (χ3v) is 2.77. The molecule has 0 amide bonds. The van der Waals surface area contributed by atoms with Crippen LogP contribution in [0.25, 0.3) is 10.9 Å². The Bertz CT molecular complexity index is 555. The maximum atomic E-state index is 11.9.